The van der Waals surface area contributed by atoms with E-state index >= 15 is 0 Å². The van der Waals surface area contributed by atoms with E-state index in [1.165, 1.54) is 35.3 Å². The number of nitrogens with one attached hydrogen (secondary N) is 1. The SMILES string of the molecule is COC(=O)c1sccc1NC(=O)N1CCN(c2cccc(C)c2C)CC1. The fourth-order valence-corrected chi connectivity index (χ4v) is 3.85. The first-order chi connectivity index (χ1) is 12.5. The number of urea groups is 1. The Kier molecular flexibility index (Phi) is 5.46. The molecule has 6 nitrogen and oxygen atoms in total. The Bertz CT molecular complexity index is 810. The number of nitrogens with zero attached hydrogens (tertiary/aromatic N) is 2. The van der Waals surface area contributed by atoms with Crippen molar-refractivity contribution >= 4 is 34.7 Å². The summed E-state index contributed by atoms with van der Waals surface area (Å²) in [5.74, 6) is -0.435. The number of carbonyl (C=O) groups is 2. The molecule has 1 N–H and O–H groups in total. The van der Waals surface area contributed by atoms with Crippen molar-refractivity contribution in [3.8, 4) is 0 Å². The molecule has 1 aliphatic heterocycles. The van der Waals surface area contributed by atoms with Gasteiger partial charge in [0.15, 0.2) is 0 Å². The Morgan fingerprint density at radius 3 is 2.54 bits per heavy atom. The zero-order valence-corrected chi connectivity index (χ0v) is 16.1. The molecule has 26 heavy (non-hydrogen) atoms. The summed E-state index contributed by atoms with van der Waals surface area (Å²) in [6.45, 7) is 7.08. The van der Waals surface area contributed by atoms with E-state index in [0.717, 1.165) is 13.1 Å². The number of rotatable bonds is 3. The number of thiophene rings is 1. The van der Waals surface area contributed by atoms with Gasteiger partial charge in [-0.15, -0.1) is 11.3 Å². The topological polar surface area (TPSA) is 61.9 Å². The molecule has 0 atom stereocenters. The number of carbonyl (C=O) groups excluding carboxylic acids is 2. The monoisotopic (exact) mass is 373 g/mol. The number of ether oxygens (including phenoxy) is 1. The predicted molar refractivity (Wildman–Crippen MR) is 104 cm³/mol. The third kappa shape index (κ3) is 3.67. The number of piperazine rings is 1. The van der Waals surface area contributed by atoms with Crippen LogP contribution < -0.4 is 10.2 Å². The fraction of sp³-hybridized carbons (Fsp3) is 0.368. The van der Waals surface area contributed by atoms with Crippen LogP contribution in [0.15, 0.2) is 29.6 Å². The van der Waals surface area contributed by atoms with Crippen molar-refractivity contribution in [2.24, 2.45) is 0 Å². The first-order valence-corrected chi connectivity index (χ1v) is 9.42. The van der Waals surface area contributed by atoms with Crippen LogP contribution in [0.3, 0.4) is 0 Å². The Hall–Kier alpha value is -2.54. The molecule has 0 unspecified atom stereocenters. The molecule has 0 radical (unpaired) electrons. The standard InChI is InChI=1S/C19H23N3O3S/c1-13-5-4-6-16(14(13)2)21-8-10-22(11-9-21)19(24)20-15-7-12-26-17(15)18(23)25-3/h4-7,12H,8-11H2,1-3H3,(H,20,24). The first-order valence-electron chi connectivity index (χ1n) is 8.54. The zero-order chi connectivity index (χ0) is 18.7. The quantitative estimate of drug-likeness (QED) is 0.837. The summed E-state index contributed by atoms with van der Waals surface area (Å²) in [5.41, 5.74) is 4.29. The smallest absolute Gasteiger partial charge is 0.350 e. The molecule has 0 bridgehead atoms. The summed E-state index contributed by atoms with van der Waals surface area (Å²) < 4.78 is 4.75. The van der Waals surface area contributed by atoms with Gasteiger partial charge in [0.25, 0.3) is 0 Å². The van der Waals surface area contributed by atoms with Crippen LogP contribution in [0.2, 0.25) is 0 Å². The van der Waals surface area contributed by atoms with Gasteiger partial charge in [0.2, 0.25) is 0 Å². The lowest BCUT2D eigenvalue weighted by atomic mass is 10.1. The summed E-state index contributed by atoms with van der Waals surface area (Å²) >= 11 is 1.26. The van der Waals surface area contributed by atoms with Gasteiger partial charge < -0.3 is 19.9 Å². The average molecular weight is 373 g/mol. The lowest BCUT2D eigenvalue weighted by molar-refractivity contribution is 0.0607. The van der Waals surface area contributed by atoms with Gasteiger partial charge in [0.05, 0.1) is 12.8 Å². The summed E-state index contributed by atoms with van der Waals surface area (Å²) in [4.78, 5) is 28.8. The predicted octanol–water partition coefficient (Wildman–Crippen LogP) is 3.51. The van der Waals surface area contributed by atoms with Gasteiger partial charge in [0, 0.05) is 31.9 Å². The zero-order valence-electron chi connectivity index (χ0n) is 15.2. The molecule has 1 aliphatic rings. The second-order valence-electron chi connectivity index (χ2n) is 6.28. The number of benzene rings is 1. The van der Waals surface area contributed by atoms with E-state index in [0.29, 0.717) is 23.7 Å². The Morgan fingerprint density at radius 2 is 1.85 bits per heavy atom. The number of aryl methyl sites for hydroxylation is 1. The normalized spacial score (nSPS) is 14.3. The third-order valence-electron chi connectivity index (χ3n) is 4.76. The molecule has 1 saturated heterocycles. The minimum Gasteiger partial charge on any atom is -0.465 e. The maximum Gasteiger partial charge on any atom is 0.350 e. The molecule has 0 aliphatic carbocycles. The summed E-state index contributed by atoms with van der Waals surface area (Å²) in [5, 5.41) is 4.59. The van der Waals surface area contributed by atoms with Crippen molar-refractivity contribution in [1.82, 2.24) is 4.90 Å². The number of anilines is 2. The highest BCUT2D eigenvalue weighted by atomic mass is 32.1. The Morgan fingerprint density at radius 1 is 1.12 bits per heavy atom. The van der Waals surface area contributed by atoms with Gasteiger partial charge in [-0.3, -0.25) is 0 Å². The van der Waals surface area contributed by atoms with E-state index in [1.54, 1.807) is 16.3 Å². The van der Waals surface area contributed by atoms with Gasteiger partial charge in [-0.1, -0.05) is 12.1 Å². The van der Waals surface area contributed by atoms with Gasteiger partial charge in [-0.2, -0.15) is 0 Å². The number of esters is 1. The molecule has 2 amide bonds. The highest BCUT2D eigenvalue weighted by Crippen LogP contribution is 2.25. The van der Waals surface area contributed by atoms with E-state index < -0.39 is 5.97 Å². The van der Waals surface area contributed by atoms with Crippen LogP contribution in [0.25, 0.3) is 0 Å². The van der Waals surface area contributed by atoms with E-state index in [9.17, 15) is 9.59 Å². The molecule has 0 saturated carbocycles. The van der Waals surface area contributed by atoms with Crippen LogP contribution in [0.1, 0.15) is 20.8 Å². The van der Waals surface area contributed by atoms with Crippen molar-refractivity contribution in [2.75, 3.05) is 43.5 Å². The second kappa shape index (κ2) is 7.78. The van der Waals surface area contributed by atoms with Crippen LogP contribution in [0, 0.1) is 13.8 Å². The molecule has 1 aromatic heterocycles. The largest absolute Gasteiger partial charge is 0.465 e. The molecule has 0 spiro atoms. The highest BCUT2D eigenvalue weighted by molar-refractivity contribution is 7.12. The van der Waals surface area contributed by atoms with Gasteiger partial charge in [-0.05, 0) is 42.5 Å². The second-order valence-corrected chi connectivity index (χ2v) is 7.19. The minimum absolute atomic E-state index is 0.186. The van der Waals surface area contributed by atoms with Gasteiger partial charge in [0.1, 0.15) is 4.88 Å². The maximum absolute atomic E-state index is 12.5. The summed E-state index contributed by atoms with van der Waals surface area (Å²) in [6.07, 6.45) is 0. The lowest BCUT2D eigenvalue weighted by Gasteiger charge is -2.37. The third-order valence-corrected chi connectivity index (χ3v) is 5.66. The van der Waals surface area contributed by atoms with Crippen molar-refractivity contribution in [2.45, 2.75) is 13.8 Å². The summed E-state index contributed by atoms with van der Waals surface area (Å²) in [7, 11) is 1.33. The van der Waals surface area contributed by atoms with E-state index in [4.69, 9.17) is 4.74 Å². The number of hydrogen-bond donors (Lipinski definition) is 1. The average Bonchev–Trinajstić information content (AvgIpc) is 3.11. The number of hydrogen-bond acceptors (Lipinski definition) is 5. The number of amides is 2. The van der Waals surface area contributed by atoms with Crippen molar-refractivity contribution in [3.63, 3.8) is 0 Å². The van der Waals surface area contributed by atoms with Crippen LogP contribution in [-0.2, 0) is 4.74 Å². The van der Waals surface area contributed by atoms with Crippen LogP contribution >= 0.6 is 11.3 Å². The highest BCUT2D eigenvalue weighted by Gasteiger charge is 2.24. The van der Waals surface area contributed by atoms with E-state index in [2.05, 4.69) is 42.3 Å². The van der Waals surface area contributed by atoms with Crippen molar-refractivity contribution < 1.29 is 14.3 Å². The van der Waals surface area contributed by atoms with Crippen LogP contribution in [-0.4, -0.2) is 50.2 Å². The van der Waals surface area contributed by atoms with Crippen molar-refractivity contribution in [3.05, 3.63) is 45.6 Å². The Balaban J connectivity index is 1.61. The molecule has 2 heterocycles. The van der Waals surface area contributed by atoms with E-state index in [-0.39, 0.29) is 6.03 Å². The number of methoxy groups -OCH3 is 1. The van der Waals surface area contributed by atoms with E-state index in [1.807, 2.05) is 0 Å². The minimum atomic E-state index is -0.435. The molecule has 138 valence electrons. The van der Waals surface area contributed by atoms with Crippen molar-refractivity contribution in [1.29, 1.82) is 0 Å². The molecule has 7 heteroatoms. The van der Waals surface area contributed by atoms with Gasteiger partial charge in [-0.25, -0.2) is 9.59 Å². The molecular formula is C19H23N3O3S. The molecular weight excluding hydrogens is 350 g/mol. The summed E-state index contributed by atoms with van der Waals surface area (Å²) in [6, 6.07) is 7.85. The fourth-order valence-electron chi connectivity index (χ4n) is 3.08. The van der Waals surface area contributed by atoms with Crippen LogP contribution in [0.5, 0.6) is 0 Å². The van der Waals surface area contributed by atoms with Crippen LogP contribution in [0.4, 0.5) is 16.2 Å². The first kappa shape index (κ1) is 18.3. The molecule has 3 rings (SSSR count). The maximum atomic E-state index is 12.5. The molecule has 1 fully saturated rings. The molecule has 2 aromatic rings. The Labute approximate surface area is 157 Å². The molecule has 1 aromatic carbocycles. The lowest BCUT2D eigenvalue weighted by Crippen LogP contribution is -2.50. The van der Waals surface area contributed by atoms with Gasteiger partial charge >= 0.3 is 12.0 Å².